The van der Waals surface area contributed by atoms with E-state index in [0.29, 0.717) is 0 Å². The second kappa shape index (κ2) is 5.13. The number of nitrogens with zero attached hydrogens (tertiary/aromatic N) is 2. The molecule has 96 valence electrons. The number of carbonyl (C=O) groups excluding carboxylic acids is 2. The Morgan fingerprint density at radius 2 is 1.26 bits per heavy atom. The van der Waals surface area contributed by atoms with Crippen LogP contribution in [-0.2, 0) is 4.74 Å². The van der Waals surface area contributed by atoms with E-state index in [9.17, 15) is 9.59 Å². The van der Waals surface area contributed by atoms with Crippen LogP contribution in [-0.4, -0.2) is 21.9 Å². The number of rotatable bonds is 2. The highest BCUT2D eigenvalue weighted by molar-refractivity contribution is 6.02. The Labute approximate surface area is 108 Å². The maximum Gasteiger partial charge on any atom is 0.347 e. The van der Waals surface area contributed by atoms with Gasteiger partial charge in [-0.05, 0) is 24.3 Å². The summed E-state index contributed by atoms with van der Waals surface area (Å²) in [6, 6.07) is 5.70. The zero-order valence-corrected chi connectivity index (χ0v) is 9.74. The van der Waals surface area contributed by atoms with Crippen LogP contribution in [0.3, 0.4) is 0 Å². The molecule has 2 aromatic rings. The Bertz CT molecular complexity index is 552. The number of pyridine rings is 2. The summed E-state index contributed by atoms with van der Waals surface area (Å²) in [5, 5.41) is 0. The third-order valence-electron chi connectivity index (χ3n) is 2.23. The zero-order chi connectivity index (χ0) is 13.8. The van der Waals surface area contributed by atoms with Gasteiger partial charge in [0.1, 0.15) is 11.6 Å². The van der Waals surface area contributed by atoms with E-state index in [4.69, 9.17) is 11.5 Å². The van der Waals surface area contributed by atoms with Crippen LogP contribution in [0, 0.1) is 0 Å². The Morgan fingerprint density at radius 3 is 1.58 bits per heavy atom. The summed E-state index contributed by atoms with van der Waals surface area (Å²) in [5.41, 5.74) is 11.0. The molecule has 2 heterocycles. The fraction of sp³-hybridized carbons (Fsp3) is 0. The first kappa shape index (κ1) is 12.5. The molecule has 2 rings (SSSR count). The van der Waals surface area contributed by atoms with Crippen LogP contribution in [0.5, 0.6) is 0 Å². The number of nitrogen functional groups attached to an aromatic ring is 2. The number of aromatic nitrogens is 2. The molecule has 0 aromatic carbocycles. The van der Waals surface area contributed by atoms with Crippen LogP contribution in [0.2, 0.25) is 0 Å². The highest BCUT2D eigenvalue weighted by Gasteiger charge is 2.15. The van der Waals surface area contributed by atoms with Crippen molar-refractivity contribution in [3.05, 3.63) is 47.8 Å². The van der Waals surface area contributed by atoms with Gasteiger partial charge in [0.2, 0.25) is 0 Å². The Hall–Kier alpha value is -2.96. The van der Waals surface area contributed by atoms with Crippen LogP contribution in [0.25, 0.3) is 0 Å². The van der Waals surface area contributed by atoms with Crippen LogP contribution < -0.4 is 11.5 Å². The largest absolute Gasteiger partial charge is 0.386 e. The smallest absolute Gasteiger partial charge is 0.347 e. The summed E-state index contributed by atoms with van der Waals surface area (Å²) < 4.78 is 4.66. The molecule has 4 N–H and O–H groups in total. The predicted molar refractivity (Wildman–Crippen MR) is 67.0 cm³/mol. The van der Waals surface area contributed by atoms with Gasteiger partial charge < -0.3 is 16.2 Å². The lowest BCUT2D eigenvalue weighted by Gasteiger charge is -2.03. The van der Waals surface area contributed by atoms with E-state index in [1.54, 1.807) is 0 Å². The van der Waals surface area contributed by atoms with Crippen molar-refractivity contribution in [1.82, 2.24) is 9.97 Å². The first-order valence-corrected chi connectivity index (χ1v) is 5.26. The van der Waals surface area contributed by atoms with Crippen molar-refractivity contribution in [3.8, 4) is 0 Å². The van der Waals surface area contributed by atoms with E-state index in [1.807, 2.05) is 0 Å². The molecule has 0 unspecified atom stereocenters. The molecule has 0 radical (unpaired) electrons. The summed E-state index contributed by atoms with van der Waals surface area (Å²) in [6.07, 6.45) is 2.46. The minimum Gasteiger partial charge on any atom is -0.386 e. The van der Waals surface area contributed by atoms with Crippen molar-refractivity contribution in [2.45, 2.75) is 0 Å². The number of ether oxygens (including phenoxy) is 1. The van der Waals surface area contributed by atoms with E-state index < -0.39 is 11.9 Å². The number of hydrogen-bond acceptors (Lipinski definition) is 7. The molecule has 19 heavy (non-hydrogen) atoms. The lowest BCUT2D eigenvalue weighted by molar-refractivity contribution is 0.0397. The van der Waals surface area contributed by atoms with E-state index in [-0.39, 0.29) is 22.8 Å². The van der Waals surface area contributed by atoms with E-state index in [1.165, 1.54) is 36.7 Å². The molecule has 0 saturated carbocycles. The van der Waals surface area contributed by atoms with Gasteiger partial charge in [0.25, 0.3) is 0 Å². The standard InChI is InChI=1S/C12H10N4O3/c13-9-3-1-7(5-15-9)11(17)19-12(18)8-2-4-10(14)16-6-8/h1-6H,(H2,13,15)(H2,14,16). The fourth-order valence-electron chi connectivity index (χ4n) is 1.25. The maximum absolute atomic E-state index is 11.6. The molecule has 2 aromatic heterocycles. The average Bonchev–Trinajstić information content (AvgIpc) is 2.40. The van der Waals surface area contributed by atoms with Gasteiger partial charge in [0.05, 0.1) is 11.1 Å². The average molecular weight is 258 g/mol. The van der Waals surface area contributed by atoms with Gasteiger partial charge in [-0.2, -0.15) is 0 Å². The lowest BCUT2D eigenvalue weighted by atomic mass is 10.2. The lowest BCUT2D eigenvalue weighted by Crippen LogP contribution is -2.13. The van der Waals surface area contributed by atoms with Gasteiger partial charge in [-0.1, -0.05) is 0 Å². The van der Waals surface area contributed by atoms with E-state index in [0.717, 1.165) is 0 Å². The molecule has 7 heteroatoms. The van der Waals surface area contributed by atoms with Crippen molar-refractivity contribution >= 4 is 23.6 Å². The second-order valence-corrected chi connectivity index (χ2v) is 3.62. The highest BCUT2D eigenvalue weighted by atomic mass is 16.6. The van der Waals surface area contributed by atoms with Crippen LogP contribution in [0.15, 0.2) is 36.7 Å². The molecule has 0 fully saturated rings. The van der Waals surface area contributed by atoms with Gasteiger partial charge in [0.15, 0.2) is 0 Å². The van der Waals surface area contributed by atoms with Crippen molar-refractivity contribution in [1.29, 1.82) is 0 Å². The first-order chi connectivity index (χ1) is 9.06. The minimum atomic E-state index is -0.811. The summed E-state index contributed by atoms with van der Waals surface area (Å²) in [6.45, 7) is 0. The first-order valence-electron chi connectivity index (χ1n) is 5.26. The number of nitrogens with two attached hydrogens (primary N) is 2. The predicted octanol–water partition coefficient (Wildman–Crippen LogP) is 0.638. The van der Waals surface area contributed by atoms with Gasteiger partial charge >= 0.3 is 11.9 Å². The minimum absolute atomic E-state index is 0.131. The molecule has 0 aliphatic heterocycles. The summed E-state index contributed by atoms with van der Waals surface area (Å²) in [4.78, 5) is 30.7. The Balaban J connectivity index is 2.08. The summed E-state index contributed by atoms with van der Waals surface area (Å²) in [7, 11) is 0. The number of esters is 2. The van der Waals surface area contributed by atoms with E-state index in [2.05, 4.69) is 14.7 Å². The third-order valence-corrected chi connectivity index (χ3v) is 2.23. The quantitative estimate of drug-likeness (QED) is 0.598. The molecule has 0 amide bonds. The molecular weight excluding hydrogens is 248 g/mol. The van der Waals surface area contributed by atoms with Crippen molar-refractivity contribution < 1.29 is 14.3 Å². The van der Waals surface area contributed by atoms with Gasteiger partial charge in [-0.15, -0.1) is 0 Å². The maximum atomic E-state index is 11.6. The monoisotopic (exact) mass is 258 g/mol. The molecule has 0 atom stereocenters. The van der Waals surface area contributed by atoms with Gasteiger partial charge in [0, 0.05) is 12.4 Å². The molecular formula is C12H10N4O3. The van der Waals surface area contributed by atoms with Crippen LogP contribution >= 0.6 is 0 Å². The molecule has 0 spiro atoms. The van der Waals surface area contributed by atoms with Gasteiger partial charge in [-0.3, -0.25) is 0 Å². The third kappa shape index (κ3) is 3.03. The van der Waals surface area contributed by atoms with Crippen molar-refractivity contribution in [2.24, 2.45) is 0 Å². The summed E-state index contributed by atoms with van der Waals surface area (Å²) >= 11 is 0. The fourth-order valence-corrected chi connectivity index (χ4v) is 1.25. The second-order valence-electron chi connectivity index (χ2n) is 3.62. The normalized spacial score (nSPS) is 9.89. The number of carbonyl (C=O) groups is 2. The van der Waals surface area contributed by atoms with E-state index >= 15 is 0 Å². The molecule has 0 bridgehead atoms. The van der Waals surface area contributed by atoms with Crippen molar-refractivity contribution in [2.75, 3.05) is 11.5 Å². The molecule has 0 saturated heterocycles. The van der Waals surface area contributed by atoms with Gasteiger partial charge in [-0.25, -0.2) is 19.6 Å². The molecule has 0 aliphatic carbocycles. The molecule has 0 aliphatic rings. The highest BCUT2D eigenvalue weighted by Crippen LogP contribution is 2.07. The number of hydrogen-bond donors (Lipinski definition) is 2. The Morgan fingerprint density at radius 1 is 0.842 bits per heavy atom. The van der Waals surface area contributed by atoms with Crippen LogP contribution in [0.4, 0.5) is 11.6 Å². The Kier molecular flexibility index (Phi) is 3.37. The van der Waals surface area contributed by atoms with Crippen LogP contribution in [0.1, 0.15) is 20.7 Å². The topological polar surface area (TPSA) is 121 Å². The summed E-state index contributed by atoms with van der Waals surface area (Å²) in [5.74, 6) is -1.08. The van der Waals surface area contributed by atoms with Crippen molar-refractivity contribution in [3.63, 3.8) is 0 Å². The zero-order valence-electron chi connectivity index (χ0n) is 9.74. The SMILES string of the molecule is Nc1ccc(C(=O)OC(=O)c2ccc(N)nc2)cn1. The molecule has 7 nitrogen and oxygen atoms in total. The number of anilines is 2.